The molecule has 2 amide bonds. The highest BCUT2D eigenvalue weighted by Gasteiger charge is 2.43. The van der Waals surface area contributed by atoms with Crippen molar-refractivity contribution in [3.63, 3.8) is 0 Å². The first-order valence-corrected chi connectivity index (χ1v) is 7.22. The number of urea groups is 1. The lowest BCUT2D eigenvalue weighted by atomic mass is 9.91. The van der Waals surface area contributed by atoms with E-state index in [2.05, 4.69) is 5.32 Å². The molecule has 120 valence electrons. The summed E-state index contributed by atoms with van der Waals surface area (Å²) in [5.41, 5.74) is 0. The molecule has 0 radical (unpaired) electrons. The van der Waals surface area contributed by atoms with Gasteiger partial charge in [-0.05, 0) is 18.8 Å². The predicted molar refractivity (Wildman–Crippen MR) is 75.7 cm³/mol. The van der Waals surface area contributed by atoms with E-state index in [1.54, 1.807) is 4.90 Å². The van der Waals surface area contributed by atoms with E-state index in [1.165, 1.54) is 7.11 Å². The number of hydrogen-bond acceptors (Lipinski definition) is 4. The summed E-state index contributed by atoms with van der Waals surface area (Å²) in [4.78, 5) is 36.0. The Hall–Kier alpha value is -1.79. The van der Waals surface area contributed by atoms with E-state index in [-0.39, 0.29) is 36.3 Å². The SMILES string of the molecule is COC(=O)[C@H]1CCN(C(=O)NCCCC(=O)O)[C@H]1C(C)C. The monoisotopic (exact) mass is 300 g/mol. The molecule has 2 N–H and O–H groups in total. The number of carboxylic acid groups (broad SMARTS) is 1. The molecule has 21 heavy (non-hydrogen) atoms. The summed E-state index contributed by atoms with van der Waals surface area (Å²) in [6.45, 7) is 4.76. The van der Waals surface area contributed by atoms with E-state index in [0.717, 1.165) is 0 Å². The van der Waals surface area contributed by atoms with Crippen molar-refractivity contribution in [3.8, 4) is 0 Å². The number of amides is 2. The third-order valence-electron chi connectivity index (χ3n) is 3.74. The highest BCUT2D eigenvalue weighted by Crippen LogP contribution is 2.30. The predicted octanol–water partition coefficient (Wildman–Crippen LogP) is 1.08. The molecule has 1 aliphatic rings. The van der Waals surface area contributed by atoms with Crippen molar-refractivity contribution >= 4 is 18.0 Å². The van der Waals surface area contributed by atoms with Gasteiger partial charge >= 0.3 is 18.0 Å². The van der Waals surface area contributed by atoms with Crippen LogP contribution in [0.3, 0.4) is 0 Å². The Bertz CT molecular complexity index is 397. The van der Waals surface area contributed by atoms with Gasteiger partial charge in [0.15, 0.2) is 0 Å². The number of nitrogens with zero attached hydrogens (tertiary/aromatic N) is 1. The van der Waals surface area contributed by atoms with Crippen molar-refractivity contribution < 1.29 is 24.2 Å². The molecule has 2 atom stereocenters. The number of hydrogen-bond donors (Lipinski definition) is 2. The van der Waals surface area contributed by atoms with Crippen LogP contribution in [0.1, 0.15) is 33.1 Å². The second kappa shape index (κ2) is 7.85. The number of carboxylic acids is 1. The molecule has 0 spiro atoms. The van der Waals surface area contributed by atoms with Gasteiger partial charge in [-0.2, -0.15) is 0 Å². The van der Waals surface area contributed by atoms with Crippen LogP contribution in [0.4, 0.5) is 4.79 Å². The van der Waals surface area contributed by atoms with Gasteiger partial charge in [0.25, 0.3) is 0 Å². The van der Waals surface area contributed by atoms with Crippen molar-refractivity contribution in [1.82, 2.24) is 10.2 Å². The summed E-state index contributed by atoms with van der Waals surface area (Å²) < 4.78 is 4.80. The first-order valence-electron chi connectivity index (χ1n) is 7.22. The zero-order chi connectivity index (χ0) is 16.0. The van der Waals surface area contributed by atoms with Crippen LogP contribution in [-0.2, 0) is 14.3 Å². The van der Waals surface area contributed by atoms with Crippen molar-refractivity contribution in [2.24, 2.45) is 11.8 Å². The maximum atomic E-state index is 12.2. The van der Waals surface area contributed by atoms with E-state index >= 15 is 0 Å². The molecule has 7 nitrogen and oxygen atoms in total. The fourth-order valence-corrected chi connectivity index (χ4v) is 2.82. The van der Waals surface area contributed by atoms with Gasteiger partial charge in [-0.15, -0.1) is 0 Å². The first kappa shape index (κ1) is 17.3. The summed E-state index contributed by atoms with van der Waals surface area (Å²) >= 11 is 0. The Morgan fingerprint density at radius 2 is 2.05 bits per heavy atom. The Morgan fingerprint density at radius 3 is 2.57 bits per heavy atom. The van der Waals surface area contributed by atoms with Crippen LogP contribution >= 0.6 is 0 Å². The van der Waals surface area contributed by atoms with Crippen molar-refractivity contribution in [2.45, 2.75) is 39.2 Å². The number of aliphatic carboxylic acids is 1. The number of nitrogens with one attached hydrogen (secondary N) is 1. The van der Waals surface area contributed by atoms with Gasteiger partial charge in [0, 0.05) is 25.6 Å². The zero-order valence-electron chi connectivity index (χ0n) is 12.8. The van der Waals surface area contributed by atoms with Crippen LogP contribution in [0, 0.1) is 11.8 Å². The maximum Gasteiger partial charge on any atom is 0.317 e. The van der Waals surface area contributed by atoms with E-state index in [4.69, 9.17) is 9.84 Å². The van der Waals surface area contributed by atoms with E-state index in [0.29, 0.717) is 25.9 Å². The maximum absolute atomic E-state index is 12.2. The molecular formula is C14H24N2O5. The lowest BCUT2D eigenvalue weighted by Gasteiger charge is -2.30. The van der Waals surface area contributed by atoms with Crippen LogP contribution in [-0.4, -0.2) is 54.2 Å². The molecule has 0 bridgehead atoms. The Balaban J connectivity index is 2.58. The number of ether oxygens (including phenoxy) is 1. The molecule has 7 heteroatoms. The summed E-state index contributed by atoms with van der Waals surface area (Å²) in [6.07, 6.45) is 1.01. The molecule has 0 aromatic heterocycles. The van der Waals surface area contributed by atoms with Gasteiger partial charge in [0.1, 0.15) is 0 Å². The van der Waals surface area contributed by atoms with E-state index < -0.39 is 5.97 Å². The van der Waals surface area contributed by atoms with E-state index in [1.807, 2.05) is 13.8 Å². The summed E-state index contributed by atoms with van der Waals surface area (Å²) in [5.74, 6) is -1.31. The minimum atomic E-state index is -0.878. The molecule has 1 fully saturated rings. The normalized spacial score (nSPS) is 21.4. The van der Waals surface area contributed by atoms with Crippen LogP contribution in [0.5, 0.6) is 0 Å². The Kier molecular flexibility index (Phi) is 6.45. The third-order valence-corrected chi connectivity index (χ3v) is 3.74. The van der Waals surface area contributed by atoms with Crippen LogP contribution in [0.15, 0.2) is 0 Å². The average Bonchev–Trinajstić information content (AvgIpc) is 2.87. The lowest BCUT2D eigenvalue weighted by Crippen LogP contribution is -2.47. The van der Waals surface area contributed by atoms with Gasteiger partial charge in [0.2, 0.25) is 0 Å². The number of esters is 1. The van der Waals surface area contributed by atoms with Gasteiger partial charge in [-0.1, -0.05) is 13.8 Å². The average molecular weight is 300 g/mol. The second-order valence-electron chi connectivity index (χ2n) is 5.58. The molecule has 1 aliphatic heterocycles. The molecule has 1 saturated heterocycles. The highest BCUT2D eigenvalue weighted by molar-refractivity contribution is 5.79. The summed E-state index contributed by atoms with van der Waals surface area (Å²) in [5, 5.41) is 11.3. The largest absolute Gasteiger partial charge is 0.481 e. The molecular weight excluding hydrogens is 276 g/mol. The fourth-order valence-electron chi connectivity index (χ4n) is 2.82. The molecule has 1 heterocycles. The summed E-state index contributed by atoms with van der Waals surface area (Å²) in [7, 11) is 1.36. The van der Waals surface area contributed by atoms with Gasteiger partial charge in [-0.3, -0.25) is 9.59 Å². The standard InChI is InChI=1S/C14H24N2O5/c1-9(2)12-10(13(19)21-3)6-8-16(12)14(20)15-7-4-5-11(17)18/h9-10,12H,4-8H2,1-3H3,(H,15,20)(H,17,18)/t10-,12-/m0/s1. The molecule has 0 aromatic rings. The zero-order valence-corrected chi connectivity index (χ0v) is 12.8. The first-order chi connectivity index (χ1) is 9.88. The Labute approximate surface area is 124 Å². The van der Waals surface area contributed by atoms with Crippen LogP contribution in [0.2, 0.25) is 0 Å². The minimum Gasteiger partial charge on any atom is -0.481 e. The van der Waals surface area contributed by atoms with Gasteiger partial charge < -0.3 is 20.1 Å². The van der Waals surface area contributed by atoms with Crippen molar-refractivity contribution in [1.29, 1.82) is 0 Å². The quantitative estimate of drug-likeness (QED) is 0.565. The van der Waals surface area contributed by atoms with Crippen molar-refractivity contribution in [2.75, 3.05) is 20.2 Å². The van der Waals surface area contributed by atoms with Gasteiger partial charge in [0.05, 0.1) is 13.0 Å². The van der Waals surface area contributed by atoms with Crippen LogP contribution < -0.4 is 5.32 Å². The number of likely N-dealkylation sites (tertiary alicyclic amines) is 1. The van der Waals surface area contributed by atoms with E-state index in [9.17, 15) is 14.4 Å². The number of carbonyl (C=O) groups is 3. The Morgan fingerprint density at radius 1 is 1.38 bits per heavy atom. The van der Waals surface area contributed by atoms with Crippen LogP contribution in [0.25, 0.3) is 0 Å². The highest BCUT2D eigenvalue weighted by atomic mass is 16.5. The molecule has 1 rings (SSSR count). The lowest BCUT2D eigenvalue weighted by molar-refractivity contribution is -0.146. The molecule has 0 aliphatic carbocycles. The molecule has 0 saturated carbocycles. The fraction of sp³-hybridized carbons (Fsp3) is 0.786. The number of carbonyl (C=O) groups excluding carboxylic acids is 2. The third kappa shape index (κ3) is 4.61. The second-order valence-corrected chi connectivity index (χ2v) is 5.58. The number of methoxy groups -OCH3 is 1. The topological polar surface area (TPSA) is 95.9 Å². The summed E-state index contributed by atoms with van der Waals surface area (Å²) in [6, 6.07) is -0.428. The smallest absolute Gasteiger partial charge is 0.317 e. The molecule has 0 aromatic carbocycles. The van der Waals surface area contributed by atoms with Crippen molar-refractivity contribution in [3.05, 3.63) is 0 Å². The molecule has 0 unspecified atom stereocenters. The number of rotatable bonds is 6. The van der Waals surface area contributed by atoms with Gasteiger partial charge in [-0.25, -0.2) is 4.79 Å². The minimum absolute atomic E-state index is 0.0265.